The predicted octanol–water partition coefficient (Wildman–Crippen LogP) is 3.18. The van der Waals surface area contributed by atoms with E-state index in [1.165, 1.54) is 0 Å². The van der Waals surface area contributed by atoms with Crippen molar-refractivity contribution in [3.05, 3.63) is 41.0 Å². The zero-order chi connectivity index (χ0) is 14.7. The van der Waals surface area contributed by atoms with Crippen molar-refractivity contribution in [1.29, 1.82) is 0 Å². The SMILES string of the molecule is CC(C)N(CC(=O)O)Cc1cc(Cl)cc2cccnc12. The lowest BCUT2D eigenvalue weighted by atomic mass is 10.1. The number of halogens is 1. The number of carbonyl (C=O) groups is 1. The van der Waals surface area contributed by atoms with E-state index < -0.39 is 5.97 Å². The number of rotatable bonds is 5. The standard InChI is InChI=1S/C15H17ClN2O2/c1-10(2)18(9-14(19)20)8-12-7-13(16)6-11-4-3-5-17-15(11)12/h3-7,10H,8-9H2,1-2H3,(H,19,20). The maximum absolute atomic E-state index is 11.0. The number of pyridine rings is 1. The van der Waals surface area contributed by atoms with Gasteiger partial charge < -0.3 is 5.11 Å². The highest BCUT2D eigenvalue weighted by Crippen LogP contribution is 2.23. The average molecular weight is 293 g/mol. The van der Waals surface area contributed by atoms with Gasteiger partial charge in [-0.3, -0.25) is 14.7 Å². The number of carboxylic acid groups (broad SMARTS) is 1. The Kier molecular flexibility index (Phi) is 4.57. The first-order valence-corrected chi connectivity index (χ1v) is 6.84. The Hall–Kier alpha value is -1.65. The summed E-state index contributed by atoms with van der Waals surface area (Å²) in [6, 6.07) is 7.66. The second-order valence-corrected chi connectivity index (χ2v) is 5.47. The molecule has 0 unspecified atom stereocenters. The van der Waals surface area contributed by atoms with Crippen LogP contribution in [0.4, 0.5) is 0 Å². The van der Waals surface area contributed by atoms with E-state index in [0.29, 0.717) is 11.6 Å². The molecule has 1 heterocycles. The monoisotopic (exact) mass is 292 g/mol. The highest BCUT2D eigenvalue weighted by atomic mass is 35.5. The normalized spacial score (nSPS) is 11.4. The smallest absolute Gasteiger partial charge is 0.317 e. The Morgan fingerprint density at radius 2 is 2.20 bits per heavy atom. The molecule has 2 aromatic rings. The van der Waals surface area contributed by atoms with Crippen LogP contribution in [0, 0.1) is 0 Å². The highest BCUT2D eigenvalue weighted by molar-refractivity contribution is 6.31. The van der Waals surface area contributed by atoms with Gasteiger partial charge in [-0.1, -0.05) is 17.7 Å². The molecule has 2 rings (SSSR count). The van der Waals surface area contributed by atoms with Crippen LogP contribution in [0.2, 0.25) is 5.02 Å². The van der Waals surface area contributed by atoms with Gasteiger partial charge >= 0.3 is 5.97 Å². The summed E-state index contributed by atoms with van der Waals surface area (Å²) in [5.41, 5.74) is 1.82. The maximum Gasteiger partial charge on any atom is 0.317 e. The fourth-order valence-corrected chi connectivity index (χ4v) is 2.41. The third-order valence-electron chi connectivity index (χ3n) is 3.19. The first-order valence-electron chi connectivity index (χ1n) is 6.46. The van der Waals surface area contributed by atoms with Gasteiger partial charge in [-0.25, -0.2) is 0 Å². The molecule has 0 bridgehead atoms. The molecule has 0 saturated heterocycles. The Morgan fingerprint density at radius 3 is 2.85 bits per heavy atom. The van der Waals surface area contributed by atoms with Gasteiger partial charge in [0.1, 0.15) is 0 Å². The molecule has 1 aromatic carbocycles. The molecule has 0 aliphatic heterocycles. The summed E-state index contributed by atoms with van der Waals surface area (Å²) >= 11 is 6.13. The van der Waals surface area contributed by atoms with Gasteiger partial charge in [0.15, 0.2) is 0 Å². The molecule has 0 saturated carbocycles. The van der Waals surface area contributed by atoms with Crippen LogP contribution in [0.25, 0.3) is 10.9 Å². The third-order valence-corrected chi connectivity index (χ3v) is 3.41. The largest absolute Gasteiger partial charge is 0.480 e. The molecular formula is C15H17ClN2O2. The minimum atomic E-state index is -0.835. The van der Waals surface area contributed by atoms with E-state index in [1.54, 1.807) is 6.20 Å². The molecule has 0 aliphatic rings. The van der Waals surface area contributed by atoms with Crippen LogP contribution in [0.1, 0.15) is 19.4 Å². The molecule has 0 atom stereocenters. The van der Waals surface area contributed by atoms with Crippen molar-refractivity contribution in [3.8, 4) is 0 Å². The van der Waals surface area contributed by atoms with E-state index in [1.807, 2.05) is 43.0 Å². The Bertz CT molecular complexity index is 628. The van der Waals surface area contributed by atoms with Crippen molar-refractivity contribution in [2.24, 2.45) is 0 Å². The average Bonchev–Trinajstić information content (AvgIpc) is 2.37. The lowest BCUT2D eigenvalue weighted by Gasteiger charge is -2.25. The van der Waals surface area contributed by atoms with Crippen molar-refractivity contribution in [2.75, 3.05) is 6.54 Å². The molecule has 0 aliphatic carbocycles. The van der Waals surface area contributed by atoms with Gasteiger partial charge in [-0.05, 0) is 37.6 Å². The summed E-state index contributed by atoms with van der Waals surface area (Å²) in [4.78, 5) is 17.2. The molecule has 0 fully saturated rings. The molecule has 4 nitrogen and oxygen atoms in total. The van der Waals surface area contributed by atoms with Crippen molar-refractivity contribution in [3.63, 3.8) is 0 Å². The number of aromatic nitrogens is 1. The predicted molar refractivity (Wildman–Crippen MR) is 79.9 cm³/mol. The summed E-state index contributed by atoms with van der Waals surface area (Å²) in [6.07, 6.45) is 1.73. The van der Waals surface area contributed by atoms with Crippen LogP contribution in [0.15, 0.2) is 30.5 Å². The van der Waals surface area contributed by atoms with Crippen LogP contribution in [0.5, 0.6) is 0 Å². The first-order chi connectivity index (χ1) is 9.47. The van der Waals surface area contributed by atoms with Gasteiger partial charge in [0.05, 0.1) is 12.1 Å². The number of hydrogen-bond acceptors (Lipinski definition) is 3. The van der Waals surface area contributed by atoms with Crippen LogP contribution in [0.3, 0.4) is 0 Å². The third kappa shape index (κ3) is 3.46. The Labute approximate surface area is 123 Å². The van der Waals surface area contributed by atoms with E-state index >= 15 is 0 Å². The molecule has 0 spiro atoms. The number of benzene rings is 1. The number of carboxylic acids is 1. The van der Waals surface area contributed by atoms with E-state index in [9.17, 15) is 4.79 Å². The van der Waals surface area contributed by atoms with E-state index in [2.05, 4.69) is 4.98 Å². The fraction of sp³-hybridized carbons (Fsp3) is 0.333. The van der Waals surface area contributed by atoms with Gasteiger partial charge in [0, 0.05) is 29.2 Å². The quantitative estimate of drug-likeness (QED) is 0.919. The first kappa shape index (κ1) is 14.8. The summed E-state index contributed by atoms with van der Waals surface area (Å²) in [5, 5.41) is 10.6. The molecule has 5 heteroatoms. The van der Waals surface area contributed by atoms with Gasteiger partial charge in [-0.2, -0.15) is 0 Å². The summed E-state index contributed by atoms with van der Waals surface area (Å²) in [6.45, 7) is 4.46. The van der Waals surface area contributed by atoms with Gasteiger partial charge in [-0.15, -0.1) is 0 Å². The number of hydrogen-bond donors (Lipinski definition) is 1. The summed E-state index contributed by atoms with van der Waals surface area (Å²) in [7, 11) is 0. The topological polar surface area (TPSA) is 53.4 Å². The number of fused-ring (bicyclic) bond motifs is 1. The van der Waals surface area contributed by atoms with Crippen LogP contribution in [-0.4, -0.2) is 33.5 Å². The molecule has 0 radical (unpaired) electrons. The van der Waals surface area contributed by atoms with E-state index in [0.717, 1.165) is 16.5 Å². The molecule has 1 N–H and O–H groups in total. The number of nitrogens with zero attached hydrogens (tertiary/aromatic N) is 2. The zero-order valence-electron chi connectivity index (χ0n) is 11.5. The van der Waals surface area contributed by atoms with Crippen LogP contribution in [-0.2, 0) is 11.3 Å². The summed E-state index contributed by atoms with van der Waals surface area (Å²) < 4.78 is 0. The fourth-order valence-electron chi connectivity index (χ4n) is 2.16. The van der Waals surface area contributed by atoms with Crippen molar-refractivity contribution in [2.45, 2.75) is 26.4 Å². The molecule has 1 aromatic heterocycles. The molecule has 106 valence electrons. The van der Waals surface area contributed by atoms with Crippen molar-refractivity contribution < 1.29 is 9.90 Å². The second-order valence-electron chi connectivity index (χ2n) is 5.03. The minimum absolute atomic E-state index is 0.00148. The van der Waals surface area contributed by atoms with E-state index in [4.69, 9.17) is 16.7 Å². The highest BCUT2D eigenvalue weighted by Gasteiger charge is 2.16. The summed E-state index contributed by atoms with van der Waals surface area (Å²) in [5.74, 6) is -0.835. The molecule has 20 heavy (non-hydrogen) atoms. The van der Waals surface area contributed by atoms with Gasteiger partial charge in [0.2, 0.25) is 0 Å². The van der Waals surface area contributed by atoms with Crippen molar-refractivity contribution >= 4 is 28.5 Å². The van der Waals surface area contributed by atoms with E-state index in [-0.39, 0.29) is 12.6 Å². The van der Waals surface area contributed by atoms with Crippen LogP contribution < -0.4 is 0 Å². The molecule has 0 amide bonds. The van der Waals surface area contributed by atoms with Crippen LogP contribution >= 0.6 is 11.6 Å². The number of aliphatic carboxylic acids is 1. The van der Waals surface area contributed by atoms with Gasteiger partial charge in [0.25, 0.3) is 0 Å². The maximum atomic E-state index is 11.0. The molecular weight excluding hydrogens is 276 g/mol. The zero-order valence-corrected chi connectivity index (χ0v) is 12.3. The second kappa shape index (κ2) is 6.20. The minimum Gasteiger partial charge on any atom is -0.480 e. The Morgan fingerprint density at radius 1 is 1.45 bits per heavy atom. The lowest BCUT2D eigenvalue weighted by molar-refractivity contribution is -0.138. The lowest BCUT2D eigenvalue weighted by Crippen LogP contribution is -2.35. The Balaban J connectivity index is 2.38. The van der Waals surface area contributed by atoms with Crippen molar-refractivity contribution in [1.82, 2.24) is 9.88 Å².